The first-order valence-corrected chi connectivity index (χ1v) is 7.77. The van der Waals surface area contributed by atoms with Gasteiger partial charge in [-0.3, -0.25) is 0 Å². The summed E-state index contributed by atoms with van der Waals surface area (Å²) in [4.78, 5) is 12.1. The summed E-state index contributed by atoms with van der Waals surface area (Å²) in [5.41, 5.74) is 2.22. The summed E-state index contributed by atoms with van der Waals surface area (Å²) in [6.45, 7) is 4.70. The number of rotatable bonds is 4. The van der Waals surface area contributed by atoms with E-state index in [1.165, 1.54) is 5.56 Å². The zero-order valence-corrected chi connectivity index (χ0v) is 13.3. The molecule has 1 unspecified atom stereocenters. The van der Waals surface area contributed by atoms with Gasteiger partial charge in [-0.2, -0.15) is 0 Å². The van der Waals surface area contributed by atoms with Crippen molar-refractivity contribution in [3.63, 3.8) is 0 Å². The van der Waals surface area contributed by atoms with Gasteiger partial charge in [0.15, 0.2) is 11.5 Å². The van der Waals surface area contributed by atoms with Crippen LogP contribution in [0, 0.1) is 0 Å². The van der Waals surface area contributed by atoms with Crippen LogP contribution in [0.2, 0.25) is 0 Å². The van der Waals surface area contributed by atoms with Crippen LogP contribution in [0.25, 0.3) is 0 Å². The van der Waals surface area contributed by atoms with Gasteiger partial charge < -0.3 is 14.2 Å². The van der Waals surface area contributed by atoms with E-state index in [2.05, 4.69) is 26.0 Å². The van der Waals surface area contributed by atoms with Gasteiger partial charge in [0.05, 0.1) is 0 Å². The molecule has 1 aliphatic rings. The Morgan fingerprint density at radius 1 is 1.13 bits per heavy atom. The molecule has 1 atom stereocenters. The molecule has 0 fully saturated rings. The largest absolute Gasteiger partial charge is 0.485 e. The highest BCUT2D eigenvalue weighted by molar-refractivity contribution is 5.76. The quantitative estimate of drug-likeness (QED) is 0.808. The fourth-order valence-electron chi connectivity index (χ4n) is 2.38. The molecule has 0 spiro atoms. The molecule has 0 amide bonds. The normalized spacial score (nSPS) is 16.2. The van der Waals surface area contributed by atoms with Crippen LogP contribution in [0.1, 0.15) is 30.9 Å². The Morgan fingerprint density at radius 3 is 2.52 bits per heavy atom. The van der Waals surface area contributed by atoms with Crippen molar-refractivity contribution in [2.24, 2.45) is 0 Å². The number of esters is 1. The minimum Gasteiger partial charge on any atom is -0.485 e. The van der Waals surface area contributed by atoms with E-state index in [9.17, 15) is 4.79 Å². The smallest absolute Gasteiger partial charge is 0.351 e. The Hall–Kier alpha value is -2.49. The molecule has 23 heavy (non-hydrogen) atoms. The fourth-order valence-corrected chi connectivity index (χ4v) is 2.38. The predicted octanol–water partition coefficient (Wildman–Crippen LogP) is 3.69. The molecule has 1 aliphatic heterocycles. The lowest BCUT2D eigenvalue weighted by Crippen LogP contribution is -2.37. The Balaban J connectivity index is 1.56. The number of carbonyl (C=O) groups excluding carboxylic acids is 1. The molecule has 4 heteroatoms. The summed E-state index contributed by atoms with van der Waals surface area (Å²) >= 11 is 0. The highest BCUT2D eigenvalue weighted by Crippen LogP contribution is 2.31. The van der Waals surface area contributed by atoms with Gasteiger partial charge in [-0.1, -0.05) is 50.2 Å². The van der Waals surface area contributed by atoms with E-state index < -0.39 is 12.1 Å². The number of hydrogen-bond donors (Lipinski definition) is 0. The van der Waals surface area contributed by atoms with Gasteiger partial charge in [0.25, 0.3) is 0 Å². The number of carbonyl (C=O) groups is 1. The van der Waals surface area contributed by atoms with Crippen LogP contribution in [0.5, 0.6) is 11.5 Å². The molecule has 2 aromatic rings. The van der Waals surface area contributed by atoms with E-state index in [0.717, 1.165) is 5.56 Å². The zero-order valence-electron chi connectivity index (χ0n) is 13.3. The SMILES string of the molecule is CC(C)c1ccc(COC(=O)C2COc3ccccc3O2)cc1. The zero-order chi connectivity index (χ0) is 16.2. The van der Waals surface area contributed by atoms with Gasteiger partial charge in [0.2, 0.25) is 6.10 Å². The number of benzene rings is 2. The summed E-state index contributed by atoms with van der Waals surface area (Å²) in [6.07, 6.45) is -0.722. The first kappa shape index (κ1) is 15.4. The van der Waals surface area contributed by atoms with Gasteiger partial charge in [-0.25, -0.2) is 4.79 Å². The molecule has 3 rings (SSSR count). The Bertz CT molecular complexity index is 676. The Morgan fingerprint density at radius 2 is 1.83 bits per heavy atom. The first-order chi connectivity index (χ1) is 11.1. The van der Waals surface area contributed by atoms with Gasteiger partial charge in [0.1, 0.15) is 13.2 Å². The molecule has 0 bridgehead atoms. The van der Waals surface area contributed by atoms with Gasteiger partial charge in [-0.15, -0.1) is 0 Å². The van der Waals surface area contributed by atoms with Crippen LogP contribution in [0.4, 0.5) is 0 Å². The van der Waals surface area contributed by atoms with Crippen LogP contribution in [0.3, 0.4) is 0 Å². The van der Waals surface area contributed by atoms with Crippen LogP contribution in [-0.4, -0.2) is 18.7 Å². The third-order valence-electron chi connectivity index (χ3n) is 3.80. The van der Waals surface area contributed by atoms with Crippen molar-refractivity contribution < 1.29 is 19.0 Å². The van der Waals surface area contributed by atoms with Crippen LogP contribution >= 0.6 is 0 Å². The van der Waals surface area contributed by atoms with E-state index in [1.807, 2.05) is 30.3 Å². The van der Waals surface area contributed by atoms with Crippen molar-refractivity contribution in [2.75, 3.05) is 6.61 Å². The van der Waals surface area contributed by atoms with E-state index in [-0.39, 0.29) is 13.2 Å². The van der Waals surface area contributed by atoms with Crippen molar-refractivity contribution >= 4 is 5.97 Å². The van der Waals surface area contributed by atoms with Gasteiger partial charge >= 0.3 is 5.97 Å². The molecular formula is C19H20O4. The van der Waals surface area contributed by atoms with Crippen LogP contribution in [-0.2, 0) is 16.1 Å². The van der Waals surface area contributed by atoms with E-state index in [4.69, 9.17) is 14.2 Å². The van der Waals surface area contributed by atoms with Crippen molar-refractivity contribution in [3.05, 3.63) is 59.7 Å². The second-order valence-corrected chi connectivity index (χ2v) is 5.87. The van der Waals surface area contributed by atoms with Crippen molar-refractivity contribution in [1.82, 2.24) is 0 Å². The Labute approximate surface area is 136 Å². The molecule has 0 aromatic heterocycles. The summed E-state index contributed by atoms with van der Waals surface area (Å²) in [7, 11) is 0. The van der Waals surface area contributed by atoms with Crippen molar-refractivity contribution in [3.8, 4) is 11.5 Å². The lowest BCUT2D eigenvalue weighted by molar-refractivity contribution is -0.155. The van der Waals surface area contributed by atoms with Crippen LogP contribution in [0.15, 0.2) is 48.5 Å². The lowest BCUT2D eigenvalue weighted by Gasteiger charge is -2.24. The average Bonchev–Trinajstić information content (AvgIpc) is 2.59. The van der Waals surface area contributed by atoms with Crippen molar-refractivity contribution in [2.45, 2.75) is 32.5 Å². The van der Waals surface area contributed by atoms with Gasteiger partial charge in [-0.05, 0) is 29.2 Å². The average molecular weight is 312 g/mol. The summed E-state index contributed by atoms with van der Waals surface area (Å²) in [6, 6.07) is 15.4. The minimum absolute atomic E-state index is 0.169. The highest BCUT2D eigenvalue weighted by Gasteiger charge is 2.28. The fraction of sp³-hybridized carbons (Fsp3) is 0.316. The molecule has 0 radical (unpaired) electrons. The van der Waals surface area contributed by atoms with Gasteiger partial charge in [0, 0.05) is 0 Å². The number of para-hydroxylation sites is 2. The molecule has 0 saturated carbocycles. The molecule has 120 valence electrons. The number of hydrogen-bond acceptors (Lipinski definition) is 4. The third kappa shape index (κ3) is 3.65. The first-order valence-electron chi connectivity index (χ1n) is 7.77. The van der Waals surface area contributed by atoms with Crippen LogP contribution < -0.4 is 9.47 Å². The predicted molar refractivity (Wildman–Crippen MR) is 86.7 cm³/mol. The lowest BCUT2D eigenvalue weighted by atomic mass is 10.0. The molecular weight excluding hydrogens is 292 g/mol. The number of ether oxygens (including phenoxy) is 3. The minimum atomic E-state index is -0.722. The van der Waals surface area contributed by atoms with E-state index in [0.29, 0.717) is 17.4 Å². The maximum Gasteiger partial charge on any atom is 0.351 e. The molecule has 2 aromatic carbocycles. The van der Waals surface area contributed by atoms with Crippen molar-refractivity contribution in [1.29, 1.82) is 0 Å². The summed E-state index contributed by atoms with van der Waals surface area (Å²) in [5.74, 6) is 1.30. The van der Waals surface area contributed by atoms with E-state index >= 15 is 0 Å². The highest BCUT2D eigenvalue weighted by atomic mass is 16.6. The second-order valence-electron chi connectivity index (χ2n) is 5.87. The van der Waals surface area contributed by atoms with E-state index in [1.54, 1.807) is 6.07 Å². The third-order valence-corrected chi connectivity index (χ3v) is 3.80. The number of fused-ring (bicyclic) bond motifs is 1. The standard InChI is InChI=1S/C19H20O4/c1-13(2)15-9-7-14(8-10-15)11-22-19(20)18-12-21-16-5-3-4-6-17(16)23-18/h3-10,13,18H,11-12H2,1-2H3. The molecule has 1 heterocycles. The second kappa shape index (κ2) is 6.73. The topological polar surface area (TPSA) is 44.8 Å². The Kier molecular flexibility index (Phi) is 4.51. The summed E-state index contributed by atoms with van der Waals surface area (Å²) in [5, 5.41) is 0. The molecule has 0 saturated heterocycles. The maximum atomic E-state index is 12.1. The molecule has 0 N–H and O–H groups in total. The maximum absolute atomic E-state index is 12.1. The molecule has 4 nitrogen and oxygen atoms in total. The molecule has 0 aliphatic carbocycles. The summed E-state index contributed by atoms with van der Waals surface area (Å²) < 4.78 is 16.5. The monoisotopic (exact) mass is 312 g/mol.